The summed E-state index contributed by atoms with van der Waals surface area (Å²) in [5.74, 6) is -0.160. The highest BCUT2D eigenvalue weighted by atomic mass is 32.2. The molecule has 0 aromatic carbocycles. The molecule has 0 radical (unpaired) electrons. The monoisotopic (exact) mass is 235 g/mol. The van der Waals surface area contributed by atoms with Crippen LogP contribution in [0, 0.1) is 5.92 Å². The van der Waals surface area contributed by atoms with Gasteiger partial charge < -0.3 is 5.11 Å². The summed E-state index contributed by atoms with van der Waals surface area (Å²) >= 11 is 0. The third-order valence-corrected chi connectivity index (χ3v) is 4.12. The fraction of sp³-hybridized carbons (Fsp3) is 0.800. The van der Waals surface area contributed by atoms with Crippen molar-refractivity contribution in [1.82, 2.24) is 0 Å². The molecule has 3 N–H and O–H groups in total. The maximum Gasteiger partial charge on any atom is 0.211 e. The number of hydrogen-bond donors (Lipinski definition) is 2. The van der Waals surface area contributed by atoms with Crippen LogP contribution in [0.1, 0.15) is 33.1 Å². The van der Waals surface area contributed by atoms with E-state index in [1.54, 1.807) is 13.0 Å². The molecule has 0 bridgehead atoms. The van der Waals surface area contributed by atoms with Crippen LogP contribution in [0.15, 0.2) is 12.7 Å². The molecule has 0 unspecified atom stereocenters. The van der Waals surface area contributed by atoms with Crippen LogP contribution in [0.4, 0.5) is 0 Å². The Morgan fingerprint density at radius 3 is 2.40 bits per heavy atom. The maximum absolute atomic E-state index is 11.2. The first kappa shape index (κ1) is 14.6. The minimum atomic E-state index is -3.54. The van der Waals surface area contributed by atoms with Crippen molar-refractivity contribution in [3.05, 3.63) is 12.7 Å². The molecule has 0 aliphatic rings. The fourth-order valence-electron chi connectivity index (χ4n) is 1.48. The molecule has 0 amide bonds. The molecule has 0 rings (SSSR count). The Bertz CT molecular complexity index is 287. The number of rotatable bonds is 7. The van der Waals surface area contributed by atoms with Crippen molar-refractivity contribution >= 4 is 10.0 Å². The number of nitrogens with two attached hydrogens (primary N) is 1. The summed E-state index contributed by atoms with van der Waals surface area (Å²) in [5.41, 5.74) is 0. The van der Waals surface area contributed by atoms with Crippen LogP contribution in [-0.2, 0) is 10.0 Å². The molecule has 0 spiro atoms. The van der Waals surface area contributed by atoms with Crippen LogP contribution in [0.3, 0.4) is 0 Å². The van der Waals surface area contributed by atoms with Gasteiger partial charge in [-0.15, -0.1) is 6.58 Å². The third kappa shape index (κ3) is 5.30. The number of sulfonamides is 1. The van der Waals surface area contributed by atoms with Gasteiger partial charge in [0.25, 0.3) is 0 Å². The van der Waals surface area contributed by atoms with Crippen molar-refractivity contribution < 1.29 is 13.5 Å². The largest absolute Gasteiger partial charge is 0.393 e. The maximum atomic E-state index is 11.2. The molecule has 0 saturated carbocycles. The van der Waals surface area contributed by atoms with Gasteiger partial charge in [-0.1, -0.05) is 13.0 Å². The van der Waals surface area contributed by atoms with E-state index in [1.165, 1.54) is 0 Å². The van der Waals surface area contributed by atoms with Gasteiger partial charge in [0.15, 0.2) is 0 Å². The minimum Gasteiger partial charge on any atom is -0.393 e. The Morgan fingerprint density at radius 1 is 1.53 bits per heavy atom. The van der Waals surface area contributed by atoms with Crippen LogP contribution in [0.25, 0.3) is 0 Å². The Morgan fingerprint density at radius 2 is 2.07 bits per heavy atom. The summed E-state index contributed by atoms with van der Waals surface area (Å²) in [4.78, 5) is 0. The van der Waals surface area contributed by atoms with Crippen molar-refractivity contribution in [3.8, 4) is 0 Å². The third-order valence-electron chi connectivity index (χ3n) is 2.70. The Kier molecular flexibility index (Phi) is 6.09. The Hall–Kier alpha value is -0.390. The number of aliphatic hydroxyl groups is 1. The standard InChI is InChI=1S/C10H21NO3S/c1-4-6-9(7-10(12)5-2)8(3)15(11,13)14/h4,8-10,12H,1,5-7H2,2-3H3,(H2,11,13,14)/t8-,9-,10+/m0/s1. The predicted molar refractivity (Wildman–Crippen MR) is 61.8 cm³/mol. The van der Waals surface area contributed by atoms with E-state index < -0.39 is 21.4 Å². The fourth-order valence-corrected chi connectivity index (χ4v) is 2.24. The number of aliphatic hydroxyl groups excluding tert-OH is 1. The highest BCUT2D eigenvalue weighted by molar-refractivity contribution is 7.89. The van der Waals surface area contributed by atoms with Gasteiger partial charge in [-0.25, -0.2) is 13.6 Å². The number of primary sulfonamides is 1. The molecule has 90 valence electrons. The molecule has 0 fully saturated rings. The van der Waals surface area contributed by atoms with Crippen LogP contribution in [0.5, 0.6) is 0 Å². The van der Waals surface area contributed by atoms with E-state index in [4.69, 9.17) is 5.14 Å². The SMILES string of the molecule is C=CC[C@@H](C[C@H](O)CC)[C@H](C)S(N)(=O)=O. The second-order valence-electron chi connectivity index (χ2n) is 3.88. The molecule has 0 aliphatic heterocycles. The van der Waals surface area contributed by atoms with Gasteiger partial charge in [0, 0.05) is 0 Å². The summed E-state index contributed by atoms with van der Waals surface area (Å²) in [6.07, 6.45) is 2.80. The van der Waals surface area contributed by atoms with Crippen molar-refractivity contribution in [3.63, 3.8) is 0 Å². The highest BCUT2D eigenvalue weighted by Crippen LogP contribution is 2.21. The second kappa shape index (κ2) is 6.25. The lowest BCUT2D eigenvalue weighted by atomic mass is 9.94. The lowest BCUT2D eigenvalue weighted by molar-refractivity contribution is 0.138. The first-order chi connectivity index (χ1) is 6.82. The Balaban J connectivity index is 4.58. The average Bonchev–Trinajstić information content (AvgIpc) is 2.14. The zero-order valence-electron chi connectivity index (χ0n) is 9.39. The molecular weight excluding hydrogens is 214 g/mol. The molecule has 4 nitrogen and oxygen atoms in total. The topological polar surface area (TPSA) is 80.4 Å². The highest BCUT2D eigenvalue weighted by Gasteiger charge is 2.27. The molecular formula is C10H21NO3S. The van der Waals surface area contributed by atoms with Crippen LogP contribution in [0.2, 0.25) is 0 Å². The van der Waals surface area contributed by atoms with Crippen molar-refractivity contribution in [2.75, 3.05) is 0 Å². The van der Waals surface area contributed by atoms with Gasteiger partial charge in [0.1, 0.15) is 0 Å². The number of hydrogen-bond acceptors (Lipinski definition) is 3. The van der Waals surface area contributed by atoms with Crippen molar-refractivity contribution in [2.45, 2.75) is 44.5 Å². The number of allylic oxidation sites excluding steroid dienone is 1. The molecule has 0 aromatic heterocycles. The summed E-state index contributed by atoms with van der Waals surface area (Å²) in [6, 6.07) is 0. The van der Waals surface area contributed by atoms with E-state index in [0.717, 1.165) is 0 Å². The quantitative estimate of drug-likeness (QED) is 0.646. The average molecular weight is 235 g/mol. The van der Waals surface area contributed by atoms with Crippen molar-refractivity contribution in [1.29, 1.82) is 0 Å². The van der Waals surface area contributed by atoms with Gasteiger partial charge in [-0.3, -0.25) is 0 Å². The van der Waals surface area contributed by atoms with Crippen LogP contribution >= 0.6 is 0 Å². The second-order valence-corrected chi connectivity index (χ2v) is 5.80. The van der Waals surface area contributed by atoms with E-state index in [0.29, 0.717) is 19.3 Å². The van der Waals surface area contributed by atoms with E-state index >= 15 is 0 Å². The van der Waals surface area contributed by atoms with E-state index in [2.05, 4.69) is 6.58 Å². The van der Waals surface area contributed by atoms with Gasteiger partial charge in [-0.05, 0) is 32.1 Å². The summed E-state index contributed by atoms with van der Waals surface area (Å²) in [7, 11) is -3.54. The van der Waals surface area contributed by atoms with E-state index in [9.17, 15) is 13.5 Å². The van der Waals surface area contributed by atoms with Crippen LogP contribution < -0.4 is 5.14 Å². The van der Waals surface area contributed by atoms with Crippen molar-refractivity contribution in [2.24, 2.45) is 11.1 Å². The summed E-state index contributed by atoms with van der Waals surface area (Å²) in [6.45, 7) is 7.01. The lowest BCUT2D eigenvalue weighted by Crippen LogP contribution is -2.34. The molecule has 0 aromatic rings. The van der Waals surface area contributed by atoms with Gasteiger partial charge >= 0.3 is 0 Å². The lowest BCUT2D eigenvalue weighted by Gasteiger charge is -2.23. The minimum absolute atomic E-state index is 0.160. The molecule has 0 heterocycles. The smallest absolute Gasteiger partial charge is 0.211 e. The normalized spacial score (nSPS) is 18.1. The first-order valence-electron chi connectivity index (χ1n) is 5.13. The molecule has 15 heavy (non-hydrogen) atoms. The molecule has 5 heteroatoms. The summed E-state index contributed by atoms with van der Waals surface area (Å²) < 4.78 is 22.4. The van der Waals surface area contributed by atoms with Gasteiger partial charge in [-0.2, -0.15) is 0 Å². The molecule has 0 aliphatic carbocycles. The van der Waals surface area contributed by atoms with E-state index in [1.807, 2.05) is 6.92 Å². The van der Waals surface area contributed by atoms with Gasteiger partial charge in [0.2, 0.25) is 10.0 Å². The van der Waals surface area contributed by atoms with Crippen LogP contribution in [-0.4, -0.2) is 24.9 Å². The predicted octanol–water partition coefficient (Wildman–Crippen LogP) is 1.02. The summed E-state index contributed by atoms with van der Waals surface area (Å²) in [5, 5.41) is 13.9. The first-order valence-corrected chi connectivity index (χ1v) is 6.74. The van der Waals surface area contributed by atoms with Gasteiger partial charge in [0.05, 0.1) is 11.4 Å². The molecule has 3 atom stereocenters. The van der Waals surface area contributed by atoms with E-state index in [-0.39, 0.29) is 5.92 Å². The Labute approximate surface area is 92.2 Å². The zero-order valence-corrected chi connectivity index (χ0v) is 10.2. The zero-order chi connectivity index (χ0) is 12.1. The molecule has 0 saturated heterocycles.